The topological polar surface area (TPSA) is 81.4 Å². The Balaban J connectivity index is 0.000000840. The zero-order valence-corrected chi connectivity index (χ0v) is 23.9. The van der Waals surface area contributed by atoms with E-state index in [1.54, 1.807) is 0 Å². The highest BCUT2D eigenvalue weighted by Crippen LogP contribution is 2.46. The molecule has 0 amide bonds. The molecule has 10 heteroatoms. The Kier molecular flexibility index (Phi) is 8.53. The number of aromatic amines is 2. The third-order valence-corrected chi connectivity index (χ3v) is 8.33. The molecule has 2 saturated heterocycles. The number of hydrogen-bond donors (Lipinski definition) is 4. The van der Waals surface area contributed by atoms with E-state index in [1.807, 2.05) is 12.4 Å². The van der Waals surface area contributed by atoms with Crippen LogP contribution in [0.5, 0.6) is 0 Å². The van der Waals surface area contributed by atoms with Gasteiger partial charge in [-0.25, -0.2) is 9.97 Å². The second-order valence-electron chi connectivity index (χ2n) is 10.6. The molecular formula is C28H32Cl4N6. The minimum Gasteiger partial charge on any atom is -0.341 e. The molecule has 8 rings (SSSR count). The van der Waals surface area contributed by atoms with Crippen molar-refractivity contribution in [2.24, 2.45) is 11.8 Å². The highest BCUT2D eigenvalue weighted by molar-refractivity contribution is 5.86. The fourth-order valence-electron chi connectivity index (χ4n) is 6.07. The molecule has 2 aliphatic carbocycles. The highest BCUT2D eigenvalue weighted by atomic mass is 35.5. The molecule has 4 fully saturated rings. The standard InChI is InChI=1S/C28H28N6.4ClH/c1-5-17(25-13-29-27(33-25)23-11-19-9-21(19)31-23)6-2-15(1)16-3-7-18(8-4-16)26-14-30-28(34-26)24-12-20-10-22(20)32-24;;;;/h1-8,13-14,19-24,31-32H,9-12H2,(H,29,33)(H,30,34);4*1H/t19-,20-,21-,22-,23+,24+;;;;/m1..../s1. The van der Waals surface area contributed by atoms with E-state index in [0.29, 0.717) is 12.1 Å². The monoisotopic (exact) mass is 592 g/mol. The van der Waals surface area contributed by atoms with Crippen LogP contribution in [0.3, 0.4) is 0 Å². The number of benzene rings is 2. The summed E-state index contributed by atoms with van der Waals surface area (Å²) in [5.41, 5.74) is 6.95. The van der Waals surface area contributed by atoms with E-state index in [-0.39, 0.29) is 49.6 Å². The second kappa shape index (κ2) is 11.2. The van der Waals surface area contributed by atoms with Crippen LogP contribution in [0.4, 0.5) is 0 Å². The lowest BCUT2D eigenvalue weighted by Crippen LogP contribution is -2.18. The first-order valence-electron chi connectivity index (χ1n) is 12.6. The molecule has 4 aromatic rings. The van der Waals surface area contributed by atoms with E-state index in [2.05, 4.69) is 79.1 Å². The van der Waals surface area contributed by atoms with Gasteiger partial charge < -0.3 is 20.6 Å². The zero-order valence-electron chi connectivity index (χ0n) is 20.6. The molecule has 6 nitrogen and oxygen atoms in total. The molecule has 4 N–H and O–H groups in total. The summed E-state index contributed by atoms with van der Waals surface area (Å²) in [6.07, 6.45) is 9.04. The molecule has 202 valence electrons. The van der Waals surface area contributed by atoms with Crippen molar-refractivity contribution in [2.75, 3.05) is 0 Å². The van der Waals surface area contributed by atoms with Crippen molar-refractivity contribution in [1.29, 1.82) is 0 Å². The van der Waals surface area contributed by atoms with E-state index in [9.17, 15) is 0 Å². The van der Waals surface area contributed by atoms with Gasteiger partial charge in [-0.2, -0.15) is 0 Å². The number of rotatable bonds is 5. The van der Waals surface area contributed by atoms with Crippen molar-refractivity contribution in [3.63, 3.8) is 0 Å². The van der Waals surface area contributed by atoms with Crippen LogP contribution in [0, 0.1) is 11.8 Å². The van der Waals surface area contributed by atoms with Crippen LogP contribution < -0.4 is 10.6 Å². The normalized spacial score (nSPS) is 27.6. The van der Waals surface area contributed by atoms with Crippen LogP contribution in [-0.4, -0.2) is 32.0 Å². The van der Waals surface area contributed by atoms with Crippen molar-refractivity contribution in [2.45, 2.75) is 49.9 Å². The second-order valence-corrected chi connectivity index (χ2v) is 10.6. The van der Waals surface area contributed by atoms with Gasteiger partial charge in [-0.1, -0.05) is 48.5 Å². The average Bonchev–Trinajstić information content (AvgIpc) is 3.46. The minimum absolute atomic E-state index is 0. The molecule has 38 heavy (non-hydrogen) atoms. The summed E-state index contributed by atoms with van der Waals surface area (Å²) >= 11 is 0. The van der Waals surface area contributed by atoms with Gasteiger partial charge in [0.2, 0.25) is 0 Å². The fourth-order valence-corrected chi connectivity index (χ4v) is 6.07. The van der Waals surface area contributed by atoms with Gasteiger partial charge in [-0.05, 0) is 59.8 Å². The van der Waals surface area contributed by atoms with Crippen molar-refractivity contribution < 1.29 is 0 Å². The lowest BCUT2D eigenvalue weighted by molar-refractivity contribution is 0.543. The number of H-pyrrole nitrogens is 2. The largest absolute Gasteiger partial charge is 0.341 e. The third-order valence-electron chi connectivity index (χ3n) is 8.33. The summed E-state index contributed by atoms with van der Waals surface area (Å²) in [6.45, 7) is 0. The first-order chi connectivity index (χ1) is 16.8. The number of nitrogens with zero attached hydrogens (tertiary/aromatic N) is 2. The number of hydrogen-bond acceptors (Lipinski definition) is 4. The van der Waals surface area contributed by atoms with E-state index < -0.39 is 0 Å². The summed E-state index contributed by atoms with van der Waals surface area (Å²) in [5.74, 6) is 3.89. The molecule has 2 aromatic carbocycles. The zero-order chi connectivity index (χ0) is 22.2. The molecule has 2 aliphatic heterocycles. The molecule has 4 aliphatic rings. The molecule has 4 heterocycles. The van der Waals surface area contributed by atoms with Gasteiger partial charge in [0.15, 0.2) is 0 Å². The third kappa shape index (κ3) is 5.23. The number of aromatic nitrogens is 4. The summed E-state index contributed by atoms with van der Waals surface area (Å²) in [7, 11) is 0. The first kappa shape index (κ1) is 28.9. The Morgan fingerprint density at radius 3 is 1.21 bits per heavy atom. The van der Waals surface area contributed by atoms with Crippen LogP contribution in [0.1, 0.15) is 49.4 Å². The Labute approximate surface area is 247 Å². The molecule has 6 atom stereocenters. The Morgan fingerprint density at radius 1 is 0.500 bits per heavy atom. The maximum Gasteiger partial charge on any atom is 0.123 e. The van der Waals surface area contributed by atoms with Gasteiger partial charge in [0, 0.05) is 12.1 Å². The Hall–Kier alpha value is -2.06. The molecule has 2 saturated carbocycles. The van der Waals surface area contributed by atoms with E-state index in [0.717, 1.165) is 47.0 Å². The Bertz CT molecular complexity index is 1240. The van der Waals surface area contributed by atoms with Crippen molar-refractivity contribution in [1.82, 2.24) is 30.6 Å². The average molecular weight is 594 g/mol. The van der Waals surface area contributed by atoms with E-state index in [1.165, 1.54) is 47.9 Å². The van der Waals surface area contributed by atoms with Crippen molar-refractivity contribution >= 4 is 49.6 Å². The van der Waals surface area contributed by atoms with Crippen molar-refractivity contribution in [3.05, 3.63) is 72.6 Å². The molecule has 0 radical (unpaired) electrons. The van der Waals surface area contributed by atoms with Crippen molar-refractivity contribution in [3.8, 4) is 33.6 Å². The van der Waals surface area contributed by atoms with Crippen LogP contribution in [0.25, 0.3) is 33.6 Å². The Morgan fingerprint density at radius 2 is 0.868 bits per heavy atom. The smallest absolute Gasteiger partial charge is 0.123 e. The molecule has 2 aromatic heterocycles. The van der Waals surface area contributed by atoms with Gasteiger partial charge in [0.25, 0.3) is 0 Å². The molecular weight excluding hydrogens is 562 g/mol. The number of halogens is 4. The fraction of sp³-hybridized carbons (Fsp3) is 0.357. The summed E-state index contributed by atoms with van der Waals surface area (Å²) in [4.78, 5) is 16.4. The summed E-state index contributed by atoms with van der Waals surface area (Å²) in [6, 6.07) is 19.7. The number of imidazole rings is 2. The van der Waals surface area contributed by atoms with Crippen LogP contribution in [-0.2, 0) is 0 Å². The summed E-state index contributed by atoms with van der Waals surface area (Å²) < 4.78 is 0. The quantitative estimate of drug-likeness (QED) is 0.208. The molecule has 0 spiro atoms. The van der Waals surface area contributed by atoms with Gasteiger partial charge in [-0.3, -0.25) is 0 Å². The van der Waals surface area contributed by atoms with Crippen LogP contribution >= 0.6 is 49.6 Å². The maximum atomic E-state index is 4.65. The first-order valence-corrected chi connectivity index (χ1v) is 12.6. The number of fused-ring (bicyclic) bond motifs is 2. The number of piperidine rings is 2. The van der Waals surface area contributed by atoms with Gasteiger partial charge in [0.05, 0.1) is 35.9 Å². The van der Waals surface area contributed by atoms with Gasteiger partial charge >= 0.3 is 0 Å². The predicted octanol–water partition coefficient (Wildman–Crippen LogP) is 6.67. The summed E-state index contributed by atoms with van der Waals surface area (Å²) in [5, 5.41) is 7.34. The highest BCUT2D eigenvalue weighted by Gasteiger charge is 2.47. The minimum atomic E-state index is 0. The number of nitrogens with one attached hydrogen (secondary N) is 4. The van der Waals surface area contributed by atoms with Gasteiger partial charge in [0.1, 0.15) is 11.6 Å². The molecule has 0 bridgehead atoms. The SMILES string of the molecule is Cl.Cl.Cl.Cl.c1cc(-c2cnc([C@@H]3C[C@H]4C[C@H]4N3)[nH]2)ccc1-c1ccc(-c2cnc([C@@H]3C[C@H]4C[C@H]4N3)[nH]2)cc1. The maximum absolute atomic E-state index is 4.65. The predicted molar refractivity (Wildman–Crippen MR) is 161 cm³/mol. The van der Waals surface area contributed by atoms with E-state index in [4.69, 9.17) is 0 Å². The lowest BCUT2D eigenvalue weighted by Gasteiger charge is -2.09. The van der Waals surface area contributed by atoms with Crippen LogP contribution in [0.2, 0.25) is 0 Å². The molecule has 0 unspecified atom stereocenters. The van der Waals surface area contributed by atoms with Gasteiger partial charge in [-0.15, -0.1) is 49.6 Å². The van der Waals surface area contributed by atoms with E-state index >= 15 is 0 Å². The lowest BCUT2D eigenvalue weighted by atomic mass is 10.0. The van der Waals surface area contributed by atoms with Crippen LogP contribution in [0.15, 0.2) is 60.9 Å².